The number of hydrogen-bond donors (Lipinski definition) is 0. The van der Waals surface area contributed by atoms with Gasteiger partial charge in [-0.25, -0.2) is 4.98 Å². The molecule has 0 aliphatic heterocycles. The van der Waals surface area contributed by atoms with E-state index in [-0.39, 0.29) is 10.4 Å². The molecule has 3 aromatic rings. The number of fused-ring (bicyclic) bond motifs is 3. The van der Waals surface area contributed by atoms with Crippen molar-refractivity contribution in [1.29, 1.82) is 0 Å². The Bertz CT molecular complexity index is 781. The molecule has 0 bridgehead atoms. The van der Waals surface area contributed by atoms with Gasteiger partial charge in [0.25, 0.3) is 0 Å². The number of nitrogens with zero attached hydrogens (tertiary/aromatic N) is 1. The molecule has 0 saturated carbocycles. The Morgan fingerprint density at radius 2 is 1.63 bits per heavy atom. The van der Waals surface area contributed by atoms with Crippen molar-refractivity contribution in [2.75, 3.05) is 0 Å². The average Bonchev–Trinajstić information content (AvgIpc) is 2.36. The van der Waals surface area contributed by atoms with Crippen molar-refractivity contribution in [3.05, 3.63) is 53.2 Å². The molecule has 0 fully saturated rings. The number of rotatable bonds is 0. The molecule has 0 atom stereocenters. The first-order chi connectivity index (χ1) is 8.97. The van der Waals surface area contributed by atoms with Gasteiger partial charge in [-0.2, -0.15) is 13.2 Å². The van der Waals surface area contributed by atoms with Crippen molar-refractivity contribution in [1.82, 2.24) is 4.98 Å². The Morgan fingerprint density at radius 1 is 0.895 bits per heavy atom. The predicted octanol–water partition coefficient (Wildman–Crippen LogP) is 5.06. The minimum atomic E-state index is -4.51. The fraction of sp³-hybridized carbons (Fsp3) is 0.0714. The zero-order chi connectivity index (χ0) is 13.6. The topological polar surface area (TPSA) is 12.9 Å². The molecule has 0 saturated heterocycles. The lowest BCUT2D eigenvalue weighted by Gasteiger charge is -2.12. The van der Waals surface area contributed by atoms with Crippen LogP contribution in [0.1, 0.15) is 5.69 Å². The Balaban J connectivity index is 2.55. The average molecular weight is 282 g/mol. The van der Waals surface area contributed by atoms with E-state index < -0.39 is 11.9 Å². The van der Waals surface area contributed by atoms with Crippen molar-refractivity contribution in [3.63, 3.8) is 0 Å². The molecule has 0 spiro atoms. The maximum atomic E-state index is 13.1. The number of hydrogen-bond acceptors (Lipinski definition) is 1. The Kier molecular flexibility index (Phi) is 2.64. The third kappa shape index (κ3) is 2.02. The number of alkyl halides is 3. The highest BCUT2D eigenvalue weighted by Gasteiger charge is 2.35. The van der Waals surface area contributed by atoms with Crippen molar-refractivity contribution in [2.45, 2.75) is 6.18 Å². The Hall–Kier alpha value is -1.81. The molecule has 96 valence electrons. The minimum Gasteiger partial charge on any atom is -0.243 e. The first kappa shape index (κ1) is 12.2. The third-order valence-corrected chi connectivity index (χ3v) is 3.17. The summed E-state index contributed by atoms with van der Waals surface area (Å²) in [5, 5.41) is 1.47. The van der Waals surface area contributed by atoms with Gasteiger partial charge in [0.15, 0.2) is 5.69 Å². The van der Waals surface area contributed by atoms with Crippen LogP contribution in [0.4, 0.5) is 13.2 Å². The second-order valence-corrected chi connectivity index (χ2v) is 4.60. The molecule has 0 aliphatic carbocycles. The van der Waals surface area contributed by atoms with E-state index in [1.165, 1.54) is 6.07 Å². The molecule has 1 heterocycles. The van der Waals surface area contributed by atoms with E-state index in [2.05, 4.69) is 4.98 Å². The van der Waals surface area contributed by atoms with E-state index in [1.807, 2.05) is 0 Å². The van der Waals surface area contributed by atoms with E-state index in [1.54, 1.807) is 36.4 Å². The molecule has 3 rings (SSSR count). The van der Waals surface area contributed by atoms with Crippen molar-refractivity contribution >= 4 is 33.3 Å². The molecule has 0 radical (unpaired) electrons. The molecule has 2 aromatic carbocycles. The van der Waals surface area contributed by atoms with E-state index in [9.17, 15) is 13.2 Å². The van der Waals surface area contributed by atoms with Gasteiger partial charge in [-0.1, -0.05) is 35.9 Å². The second kappa shape index (κ2) is 4.10. The van der Waals surface area contributed by atoms with Gasteiger partial charge in [0.1, 0.15) is 0 Å². The van der Waals surface area contributed by atoms with Gasteiger partial charge >= 0.3 is 6.18 Å². The maximum absolute atomic E-state index is 13.1. The molecule has 1 aromatic heterocycles. The number of para-hydroxylation sites is 1. The molecular formula is C14H7ClF3N. The molecule has 5 heteroatoms. The number of halogens is 4. The number of benzene rings is 2. The number of pyridine rings is 1. The van der Waals surface area contributed by atoms with Crippen LogP contribution < -0.4 is 0 Å². The predicted molar refractivity (Wildman–Crippen MR) is 69.3 cm³/mol. The summed E-state index contributed by atoms with van der Waals surface area (Å²) < 4.78 is 39.2. The zero-order valence-electron chi connectivity index (χ0n) is 9.50. The summed E-state index contributed by atoms with van der Waals surface area (Å²) in [5.41, 5.74) is -0.576. The van der Waals surface area contributed by atoms with E-state index in [0.717, 1.165) is 0 Å². The summed E-state index contributed by atoms with van der Waals surface area (Å²) in [6.45, 7) is 0. The first-order valence-corrected chi connectivity index (χ1v) is 5.90. The SMILES string of the molecule is FC(F)(F)c1nc2ccccc2c2ccc(Cl)cc12. The van der Waals surface area contributed by atoms with Gasteiger partial charge < -0.3 is 0 Å². The van der Waals surface area contributed by atoms with Crippen LogP contribution in [0.25, 0.3) is 21.7 Å². The van der Waals surface area contributed by atoms with Crippen LogP contribution >= 0.6 is 11.6 Å². The Labute approximate surface area is 111 Å². The summed E-state index contributed by atoms with van der Waals surface area (Å²) in [6.07, 6.45) is -4.51. The van der Waals surface area contributed by atoms with Crippen LogP contribution in [0.15, 0.2) is 42.5 Å². The fourth-order valence-electron chi connectivity index (χ4n) is 2.14. The van der Waals surface area contributed by atoms with Crippen LogP contribution in [0.2, 0.25) is 5.02 Å². The zero-order valence-corrected chi connectivity index (χ0v) is 10.3. The standard InChI is InChI=1S/C14H7ClF3N/c15-8-5-6-9-10-3-1-2-4-12(10)19-13(11(9)7-8)14(16,17)18/h1-7H. The van der Waals surface area contributed by atoms with Gasteiger partial charge in [0.2, 0.25) is 0 Å². The van der Waals surface area contributed by atoms with Crippen molar-refractivity contribution in [2.24, 2.45) is 0 Å². The molecular weight excluding hydrogens is 275 g/mol. The van der Waals surface area contributed by atoms with Crippen molar-refractivity contribution in [3.8, 4) is 0 Å². The van der Waals surface area contributed by atoms with Crippen molar-refractivity contribution < 1.29 is 13.2 Å². The van der Waals surface area contributed by atoms with Gasteiger partial charge in [0.05, 0.1) is 5.52 Å². The lowest BCUT2D eigenvalue weighted by Crippen LogP contribution is -2.09. The summed E-state index contributed by atoms with van der Waals surface area (Å²) in [7, 11) is 0. The monoisotopic (exact) mass is 281 g/mol. The van der Waals surface area contributed by atoms with Crippen LogP contribution in [-0.4, -0.2) is 4.98 Å². The molecule has 0 aliphatic rings. The quantitative estimate of drug-likeness (QED) is 0.525. The molecule has 0 N–H and O–H groups in total. The van der Waals surface area contributed by atoms with Crippen LogP contribution in [0.3, 0.4) is 0 Å². The summed E-state index contributed by atoms with van der Waals surface area (Å²) >= 11 is 5.80. The highest BCUT2D eigenvalue weighted by Crippen LogP contribution is 2.37. The van der Waals surface area contributed by atoms with Gasteiger partial charge in [-0.15, -0.1) is 0 Å². The highest BCUT2D eigenvalue weighted by atomic mass is 35.5. The molecule has 1 nitrogen and oxygen atoms in total. The second-order valence-electron chi connectivity index (χ2n) is 4.17. The molecule has 0 unspecified atom stereocenters. The fourth-order valence-corrected chi connectivity index (χ4v) is 2.32. The third-order valence-electron chi connectivity index (χ3n) is 2.93. The maximum Gasteiger partial charge on any atom is 0.433 e. The minimum absolute atomic E-state index is 0.0266. The smallest absolute Gasteiger partial charge is 0.243 e. The van der Waals surface area contributed by atoms with E-state index in [0.29, 0.717) is 16.3 Å². The first-order valence-electron chi connectivity index (χ1n) is 5.52. The molecule has 19 heavy (non-hydrogen) atoms. The van der Waals surface area contributed by atoms with Crippen LogP contribution in [0, 0.1) is 0 Å². The largest absolute Gasteiger partial charge is 0.433 e. The summed E-state index contributed by atoms with van der Waals surface area (Å²) in [5.74, 6) is 0. The highest BCUT2D eigenvalue weighted by molar-refractivity contribution is 6.31. The van der Waals surface area contributed by atoms with Gasteiger partial charge in [0, 0.05) is 15.8 Å². The lowest BCUT2D eigenvalue weighted by atomic mass is 10.0. The van der Waals surface area contributed by atoms with Crippen LogP contribution in [0.5, 0.6) is 0 Å². The van der Waals surface area contributed by atoms with E-state index in [4.69, 9.17) is 11.6 Å². The van der Waals surface area contributed by atoms with Gasteiger partial charge in [-0.05, 0) is 23.6 Å². The summed E-state index contributed by atoms with van der Waals surface area (Å²) in [4.78, 5) is 3.73. The normalized spacial score (nSPS) is 12.2. The molecule has 0 amide bonds. The van der Waals surface area contributed by atoms with Crippen LogP contribution in [-0.2, 0) is 6.18 Å². The summed E-state index contributed by atoms with van der Waals surface area (Å²) in [6, 6.07) is 11.2. The number of aromatic nitrogens is 1. The lowest BCUT2D eigenvalue weighted by molar-refractivity contribution is -0.139. The Morgan fingerprint density at radius 3 is 2.37 bits per heavy atom. The van der Waals surface area contributed by atoms with Gasteiger partial charge in [-0.3, -0.25) is 0 Å². The van der Waals surface area contributed by atoms with E-state index >= 15 is 0 Å².